The number of carbonyl (C=O) groups is 1. The zero-order valence-corrected chi connectivity index (χ0v) is 14.1. The Morgan fingerprint density at radius 2 is 2.04 bits per heavy atom. The zero-order chi connectivity index (χ0) is 17.6. The molecule has 3 heterocycles. The van der Waals surface area contributed by atoms with Crippen molar-refractivity contribution in [2.45, 2.75) is 45.7 Å². The summed E-state index contributed by atoms with van der Waals surface area (Å²) < 4.78 is 28.8. The van der Waals surface area contributed by atoms with E-state index in [0.717, 1.165) is 11.9 Å². The molecule has 0 aliphatic carbocycles. The number of aryl methyl sites for hydroxylation is 1. The Balaban J connectivity index is 1.88. The Kier molecular flexibility index (Phi) is 4.10. The van der Waals surface area contributed by atoms with E-state index < -0.39 is 12.1 Å². The molecule has 1 amide bonds. The van der Waals surface area contributed by atoms with Gasteiger partial charge >= 0.3 is 0 Å². The SMILES string of the molecule is CC(C)c1nnc2n1[C@@H](C)CN(C(=O)c1cc(C(F)F)nn1C)C2. The average Bonchev–Trinajstić information content (AvgIpc) is 3.10. The third-order valence-electron chi connectivity index (χ3n) is 4.20. The van der Waals surface area contributed by atoms with Gasteiger partial charge in [0, 0.05) is 19.5 Å². The van der Waals surface area contributed by atoms with Crippen molar-refractivity contribution in [2.75, 3.05) is 6.54 Å². The quantitative estimate of drug-likeness (QED) is 0.861. The van der Waals surface area contributed by atoms with Gasteiger partial charge in [0.25, 0.3) is 12.3 Å². The molecule has 3 rings (SSSR count). The van der Waals surface area contributed by atoms with Crippen molar-refractivity contribution >= 4 is 5.91 Å². The highest BCUT2D eigenvalue weighted by Crippen LogP contribution is 2.26. The van der Waals surface area contributed by atoms with E-state index in [1.807, 2.05) is 20.8 Å². The maximum absolute atomic E-state index is 12.8. The molecule has 0 saturated carbocycles. The molecule has 0 N–H and O–H groups in total. The van der Waals surface area contributed by atoms with Gasteiger partial charge in [-0.2, -0.15) is 5.10 Å². The van der Waals surface area contributed by atoms with Crippen molar-refractivity contribution in [3.63, 3.8) is 0 Å². The van der Waals surface area contributed by atoms with Gasteiger partial charge < -0.3 is 9.47 Å². The van der Waals surface area contributed by atoms with E-state index in [1.54, 1.807) is 4.90 Å². The maximum atomic E-state index is 12.8. The van der Waals surface area contributed by atoms with Gasteiger partial charge in [0.1, 0.15) is 17.2 Å². The minimum atomic E-state index is -2.70. The number of rotatable bonds is 3. The molecule has 24 heavy (non-hydrogen) atoms. The number of fused-ring (bicyclic) bond motifs is 1. The van der Waals surface area contributed by atoms with Crippen LogP contribution in [0.2, 0.25) is 0 Å². The van der Waals surface area contributed by atoms with Crippen LogP contribution in [0, 0.1) is 0 Å². The van der Waals surface area contributed by atoms with Gasteiger partial charge in [-0.25, -0.2) is 8.78 Å². The Morgan fingerprint density at radius 1 is 1.33 bits per heavy atom. The van der Waals surface area contributed by atoms with Gasteiger partial charge in [-0.3, -0.25) is 9.48 Å². The molecule has 2 aromatic heterocycles. The van der Waals surface area contributed by atoms with Gasteiger partial charge in [0.15, 0.2) is 5.82 Å². The lowest BCUT2D eigenvalue weighted by molar-refractivity contribution is 0.0668. The van der Waals surface area contributed by atoms with Crippen molar-refractivity contribution in [1.82, 2.24) is 29.4 Å². The number of aromatic nitrogens is 5. The van der Waals surface area contributed by atoms with Crippen LogP contribution in [0.4, 0.5) is 8.78 Å². The lowest BCUT2D eigenvalue weighted by atomic mass is 10.1. The number of amides is 1. The molecule has 130 valence electrons. The van der Waals surface area contributed by atoms with Crippen LogP contribution in [0.3, 0.4) is 0 Å². The fourth-order valence-corrected chi connectivity index (χ4v) is 3.07. The standard InChI is InChI=1S/C15H20F2N6O/c1-8(2)14-19-18-12-7-22(6-9(3)23(12)14)15(24)11-5-10(13(16)17)20-21(11)4/h5,8-9,13H,6-7H2,1-4H3/t9-/m0/s1. The first-order chi connectivity index (χ1) is 11.3. The lowest BCUT2D eigenvalue weighted by Gasteiger charge is -2.33. The smallest absolute Gasteiger partial charge is 0.282 e. The van der Waals surface area contributed by atoms with Crippen LogP contribution in [-0.4, -0.2) is 41.9 Å². The maximum Gasteiger partial charge on any atom is 0.282 e. The summed E-state index contributed by atoms with van der Waals surface area (Å²) in [6.45, 7) is 6.86. The van der Waals surface area contributed by atoms with Crippen LogP contribution in [0.5, 0.6) is 0 Å². The van der Waals surface area contributed by atoms with Crippen molar-refractivity contribution in [2.24, 2.45) is 7.05 Å². The normalized spacial score (nSPS) is 17.7. The highest BCUT2D eigenvalue weighted by atomic mass is 19.3. The first-order valence-electron chi connectivity index (χ1n) is 7.84. The van der Waals surface area contributed by atoms with Gasteiger partial charge in [-0.05, 0) is 13.0 Å². The molecule has 7 nitrogen and oxygen atoms in total. The van der Waals surface area contributed by atoms with E-state index in [9.17, 15) is 13.6 Å². The molecule has 0 aromatic carbocycles. The van der Waals surface area contributed by atoms with Crippen molar-refractivity contribution in [1.29, 1.82) is 0 Å². The first-order valence-corrected chi connectivity index (χ1v) is 7.84. The van der Waals surface area contributed by atoms with Crippen LogP contribution in [0.25, 0.3) is 0 Å². The van der Waals surface area contributed by atoms with Crippen LogP contribution in [0.15, 0.2) is 6.07 Å². The molecule has 2 aromatic rings. The molecule has 0 fully saturated rings. The van der Waals surface area contributed by atoms with Crippen LogP contribution in [0.1, 0.15) is 67.0 Å². The van der Waals surface area contributed by atoms with Crippen molar-refractivity contribution in [3.8, 4) is 0 Å². The number of hydrogen-bond donors (Lipinski definition) is 0. The molecule has 0 saturated heterocycles. The van der Waals surface area contributed by atoms with Crippen LogP contribution in [-0.2, 0) is 13.6 Å². The van der Waals surface area contributed by atoms with Gasteiger partial charge in [0.2, 0.25) is 0 Å². The van der Waals surface area contributed by atoms with E-state index in [2.05, 4.69) is 19.9 Å². The molecule has 1 aliphatic rings. The fraction of sp³-hybridized carbons (Fsp3) is 0.600. The summed E-state index contributed by atoms with van der Waals surface area (Å²) in [5.74, 6) is 1.51. The molecule has 0 unspecified atom stereocenters. The third kappa shape index (κ3) is 2.67. The summed E-state index contributed by atoms with van der Waals surface area (Å²) in [7, 11) is 1.49. The minimum Gasteiger partial charge on any atom is -0.328 e. The molecular formula is C15H20F2N6O. The largest absolute Gasteiger partial charge is 0.328 e. The minimum absolute atomic E-state index is 0.0212. The number of carbonyl (C=O) groups excluding carboxylic acids is 1. The first kappa shape index (κ1) is 16.5. The average molecular weight is 338 g/mol. The fourth-order valence-electron chi connectivity index (χ4n) is 3.07. The predicted molar refractivity (Wildman–Crippen MR) is 81.7 cm³/mol. The highest BCUT2D eigenvalue weighted by Gasteiger charge is 2.32. The summed E-state index contributed by atoms with van der Waals surface area (Å²) in [5, 5.41) is 12.1. The topological polar surface area (TPSA) is 68.8 Å². The van der Waals surface area contributed by atoms with Crippen molar-refractivity contribution < 1.29 is 13.6 Å². The number of hydrogen-bond acceptors (Lipinski definition) is 4. The molecule has 1 atom stereocenters. The van der Waals surface area contributed by atoms with E-state index in [-0.39, 0.29) is 23.6 Å². The lowest BCUT2D eigenvalue weighted by Crippen LogP contribution is -2.41. The summed E-state index contributed by atoms with van der Waals surface area (Å²) in [4.78, 5) is 14.3. The number of halogens is 2. The molecule has 0 radical (unpaired) electrons. The number of alkyl halides is 2. The van der Waals surface area contributed by atoms with Gasteiger partial charge in [0.05, 0.1) is 12.6 Å². The third-order valence-corrected chi connectivity index (χ3v) is 4.20. The van der Waals surface area contributed by atoms with Crippen LogP contribution >= 0.6 is 0 Å². The summed E-state index contributed by atoms with van der Waals surface area (Å²) in [6.07, 6.45) is -2.70. The van der Waals surface area contributed by atoms with Gasteiger partial charge in [-0.1, -0.05) is 13.8 Å². The Hall–Kier alpha value is -2.32. The van der Waals surface area contributed by atoms with Gasteiger partial charge in [-0.15, -0.1) is 10.2 Å². The van der Waals surface area contributed by atoms with Crippen LogP contribution < -0.4 is 0 Å². The summed E-state index contributed by atoms with van der Waals surface area (Å²) >= 11 is 0. The zero-order valence-electron chi connectivity index (χ0n) is 14.1. The molecular weight excluding hydrogens is 318 g/mol. The van der Waals surface area contributed by atoms with E-state index >= 15 is 0 Å². The second-order valence-electron chi connectivity index (χ2n) is 6.41. The summed E-state index contributed by atoms with van der Waals surface area (Å²) in [6, 6.07) is 1.17. The Bertz CT molecular complexity index is 766. The van der Waals surface area contributed by atoms with E-state index in [1.165, 1.54) is 11.7 Å². The van der Waals surface area contributed by atoms with E-state index in [4.69, 9.17) is 0 Å². The second kappa shape index (κ2) is 5.95. The number of nitrogens with zero attached hydrogens (tertiary/aromatic N) is 6. The Labute approximate surface area is 138 Å². The Morgan fingerprint density at radius 3 is 2.62 bits per heavy atom. The monoisotopic (exact) mass is 338 g/mol. The predicted octanol–water partition coefficient (Wildman–Crippen LogP) is 2.29. The highest BCUT2D eigenvalue weighted by molar-refractivity contribution is 5.92. The molecule has 0 bridgehead atoms. The molecule has 1 aliphatic heterocycles. The molecule has 9 heteroatoms. The second-order valence-corrected chi connectivity index (χ2v) is 6.41. The van der Waals surface area contributed by atoms with Crippen molar-refractivity contribution in [3.05, 3.63) is 29.1 Å². The molecule has 0 spiro atoms. The van der Waals surface area contributed by atoms with E-state index in [0.29, 0.717) is 18.9 Å². The summed E-state index contributed by atoms with van der Waals surface area (Å²) in [5.41, 5.74) is -0.245.